The lowest BCUT2D eigenvalue weighted by Crippen LogP contribution is -2.11. The van der Waals surface area contributed by atoms with Crippen LogP contribution >= 0.6 is 0 Å². The molecule has 0 rings (SSSR count). The molecule has 0 unspecified atom stereocenters. The number of carbonyl (C=O) groups excluding carboxylic acids is 2. The highest BCUT2D eigenvalue weighted by molar-refractivity contribution is 5.72. The van der Waals surface area contributed by atoms with E-state index in [1.807, 2.05) is 6.92 Å². The largest absolute Gasteiger partial charge is 0.469 e. The predicted molar refractivity (Wildman–Crippen MR) is 77.7 cm³/mol. The van der Waals surface area contributed by atoms with Gasteiger partial charge in [0.25, 0.3) is 0 Å². The van der Waals surface area contributed by atoms with Gasteiger partial charge in [-0.3, -0.25) is 9.59 Å². The minimum atomic E-state index is -0.245. The second kappa shape index (κ2) is 36.5. The number of nitrogens with one attached hydrogen (secondary N) is 1. The van der Waals surface area contributed by atoms with Gasteiger partial charge in [-0.05, 0) is 13.1 Å². The number of hydrogen-bond donors (Lipinski definition) is 1. The zero-order valence-electron chi connectivity index (χ0n) is 9.75. The Morgan fingerprint density at radius 2 is 1.35 bits per heavy atom. The average Bonchev–Trinajstić information content (AvgIpc) is 2.19. The summed E-state index contributed by atoms with van der Waals surface area (Å²) in [7, 11) is 4.70. The average molecular weight is 252 g/mol. The number of amides is 1. The molecule has 5 heteroatoms. The van der Waals surface area contributed by atoms with Gasteiger partial charge in [0, 0.05) is 27.9 Å². The number of nitrogens with zero attached hydrogens (tertiary/aromatic N) is 1. The van der Waals surface area contributed by atoms with E-state index >= 15 is 0 Å². The highest BCUT2D eigenvalue weighted by Gasteiger charge is 1.75. The molecule has 0 spiro atoms. The first-order valence-corrected chi connectivity index (χ1v) is 4.05. The molecule has 0 aromatic rings. The van der Waals surface area contributed by atoms with E-state index in [9.17, 15) is 9.59 Å². The van der Waals surface area contributed by atoms with Crippen molar-refractivity contribution in [1.29, 1.82) is 0 Å². The van der Waals surface area contributed by atoms with Gasteiger partial charge in [-0.15, -0.1) is 0 Å². The normalized spacial score (nSPS) is 6.24. The van der Waals surface area contributed by atoms with E-state index in [1.165, 1.54) is 21.0 Å². The quantitative estimate of drug-likeness (QED) is 0.532. The Labute approximate surface area is 108 Å². The summed E-state index contributed by atoms with van der Waals surface area (Å²) in [5.74, 6) is -0.241. The summed E-state index contributed by atoms with van der Waals surface area (Å²) in [6.45, 7) is 4.72. The van der Waals surface area contributed by atoms with Crippen molar-refractivity contribution in [2.75, 3.05) is 21.2 Å². The molecule has 0 radical (unpaired) electrons. The fourth-order valence-electron chi connectivity index (χ4n) is 0. The molecule has 0 saturated heterocycles. The third kappa shape index (κ3) is 178. The Morgan fingerprint density at radius 1 is 1.18 bits per heavy atom. The van der Waals surface area contributed by atoms with Gasteiger partial charge in [0.15, 0.2) is 0 Å². The molecule has 17 heavy (non-hydrogen) atoms. The fraction of sp³-hybridized carbons (Fsp3) is 0.750. The molecule has 108 valence electrons. The number of hydrogen-bond acceptors (Lipinski definition) is 4. The maximum absolute atomic E-state index is 9.70. The van der Waals surface area contributed by atoms with E-state index in [1.54, 1.807) is 20.3 Å². The predicted octanol–water partition coefficient (Wildman–Crippen LogP) is 2.55. The fourth-order valence-corrected chi connectivity index (χ4v) is 0. The number of rotatable bonds is 0. The first kappa shape index (κ1) is 36.1. The van der Waals surface area contributed by atoms with E-state index in [0.29, 0.717) is 0 Å². The van der Waals surface area contributed by atoms with Crippen LogP contribution in [-0.2, 0) is 14.3 Å². The Hall–Kier alpha value is -1.39. The van der Waals surface area contributed by atoms with Crippen LogP contribution in [0, 0.1) is 0 Å². The molecule has 0 aromatic heterocycles. The summed E-state index contributed by atoms with van der Waals surface area (Å²) in [5.41, 5.74) is 0. The molecule has 0 aromatic carbocycles. The molecule has 0 aliphatic heterocycles. The maximum atomic E-state index is 9.70. The molecule has 0 atom stereocenters. The standard InChI is InChI=1S/C3H7NO.C3H7N.C3H6O2.3CH4/c1-3(5)4-2;1-3-4-2;1-3(4)5-2;;;/h1-2H3,(H,4,5);3H,1-2H3;1-2H3;3*1H4. The third-order valence-corrected chi connectivity index (χ3v) is 0.898. The maximum Gasteiger partial charge on any atom is 0.302 e. The lowest BCUT2D eigenvalue weighted by molar-refractivity contribution is -0.137. The molecule has 0 heterocycles. The molecule has 0 aliphatic carbocycles. The van der Waals surface area contributed by atoms with Crippen LogP contribution < -0.4 is 5.32 Å². The monoisotopic (exact) mass is 252 g/mol. The highest BCUT2D eigenvalue weighted by Crippen LogP contribution is 1.60. The van der Waals surface area contributed by atoms with Gasteiger partial charge in [0.05, 0.1) is 7.11 Å². The minimum absolute atomic E-state index is 0. The molecule has 0 bridgehead atoms. The Kier molecular flexibility index (Phi) is 77.5. The van der Waals surface area contributed by atoms with Crippen molar-refractivity contribution < 1.29 is 14.3 Å². The van der Waals surface area contributed by atoms with Crippen LogP contribution in [0.4, 0.5) is 0 Å². The Bertz CT molecular complexity index is 151. The molecule has 0 aliphatic rings. The highest BCUT2D eigenvalue weighted by atomic mass is 16.5. The third-order valence-electron chi connectivity index (χ3n) is 0.898. The summed E-state index contributed by atoms with van der Waals surface area (Å²) in [4.78, 5) is 22.9. The number of esters is 1. The first-order valence-electron chi connectivity index (χ1n) is 4.05. The van der Waals surface area contributed by atoms with Crippen molar-refractivity contribution in [3.05, 3.63) is 0 Å². The van der Waals surface area contributed by atoms with E-state index in [0.717, 1.165) is 0 Å². The number of aliphatic imine (C=N–C) groups is 1. The summed E-state index contributed by atoms with van der Waals surface area (Å²) in [6, 6.07) is 0. The molecular weight excluding hydrogens is 220 g/mol. The molecule has 1 amide bonds. The van der Waals surface area contributed by atoms with Crippen LogP contribution in [0.3, 0.4) is 0 Å². The lowest BCUT2D eigenvalue weighted by Gasteiger charge is -1.80. The van der Waals surface area contributed by atoms with Crippen LogP contribution in [0.2, 0.25) is 0 Å². The Balaban J connectivity index is -0.0000000247. The lowest BCUT2D eigenvalue weighted by atomic mass is 10.7. The van der Waals surface area contributed by atoms with Gasteiger partial charge in [-0.2, -0.15) is 0 Å². The molecule has 0 saturated carbocycles. The Morgan fingerprint density at radius 3 is 1.35 bits per heavy atom. The van der Waals surface area contributed by atoms with Gasteiger partial charge in [-0.1, -0.05) is 22.3 Å². The van der Waals surface area contributed by atoms with Crippen LogP contribution in [0.1, 0.15) is 43.1 Å². The number of methoxy groups -OCH3 is 1. The zero-order chi connectivity index (χ0) is 12.0. The van der Waals surface area contributed by atoms with Crippen LogP contribution in [0.15, 0.2) is 4.99 Å². The smallest absolute Gasteiger partial charge is 0.302 e. The van der Waals surface area contributed by atoms with Crippen LogP contribution in [0.25, 0.3) is 0 Å². The van der Waals surface area contributed by atoms with Crippen LogP contribution in [-0.4, -0.2) is 39.3 Å². The second-order valence-corrected chi connectivity index (χ2v) is 2.02. The summed E-state index contributed by atoms with van der Waals surface area (Å²) < 4.78 is 4.11. The molecule has 0 fully saturated rings. The van der Waals surface area contributed by atoms with Crippen LogP contribution in [0.5, 0.6) is 0 Å². The van der Waals surface area contributed by atoms with Crippen molar-refractivity contribution in [2.45, 2.75) is 43.1 Å². The summed E-state index contributed by atoms with van der Waals surface area (Å²) >= 11 is 0. The van der Waals surface area contributed by atoms with E-state index < -0.39 is 0 Å². The first-order chi connectivity index (χ1) is 6.45. The minimum Gasteiger partial charge on any atom is -0.469 e. The van der Waals surface area contributed by atoms with Crippen molar-refractivity contribution in [3.63, 3.8) is 0 Å². The van der Waals surface area contributed by atoms with Gasteiger partial charge < -0.3 is 15.0 Å². The van der Waals surface area contributed by atoms with Crippen molar-refractivity contribution >= 4 is 18.1 Å². The summed E-state index contributed by atoms with van der Waals surface area (Å²) in [5, 5.41) is 2.39. The second-order valence-electron chi connectivity index (χ2n) is 2.02. The number of ether oxygens (including phenoxy) is 1. The topological polar surface area (TPSA) is 67.8 Å². The van der Waals surface area contributed by atoms with E-state index in [2.05, 4.69) is 15.0 Å². The van der Waals surface area contributed by atoms with Crippen molar-refractivity contribution in [2.24, 2.45) is 4.99 Å². The van der Waals surface area contributed by atoms with Crippen molar-refractivity contribution in [1.82, 2.24) is 5.32 Å². The zero-order valence-corrected chi connectivity index (χ0v) is 9.75. The van der Waals surface area contributed by atoms with Crippen molar-refractivity contribution in [3.8, 4) is 0 Å². The SMILES string of the molecule is C.C.C.CC=NC.CNC(C)=O.COC(C)=O. The summed E-state index contributed by atoms with van der Waals surface area (Å²) in [6.07, 6.45) is 1.75. The molecule has 1 N–H and O–H groups in total. The molecule has 5 nitrogen and oxygen atoms in total. The van der Waals surface area contributed by atoms with E-state index in [-0.39, 0.29) is 34.2 Å². The van der Waals surface area contributed by atoms with E-state index in [4.69, 9.17) is 0 Å². The number of carbonyl (C=O) groups is 2. The van der Waals surface area contributed by atoms with Gasteiger partial charge in [-0.25, -0.2) is 0 Å². The molecular formula is C12H32N2O3. The van der Waals surface area contributed by atoms with Gasteiger partial charge in [0.2, 0.25) is 5.91 Å². The van der Waals surface area contributed by atoms with Gasteiger partial charge in [0.1, 0.15) is 0 Å². The van der Waals surface area contributed by atoms with Gasteiger partial charge >= 0.3 is 5.97 Å².